The molecule has 1 rings (SSSR count). The molecule has 14 heavy (non-hydrogen) atoms. The number of rotatable bonds is 4. The number of anilines is 1. The van der Waals surface area contributed by atoms with E-state index in [0.29, 0.717) is 12.2 Å². The summed E-state index contributed by atoms with van der Waals surface area (Å²) in [5.41, 5.74) is 0.543. The van der Waals surface area contributed by atoms with Crippen molar-refractivity contribution in [1.29, 1.82) is 0 Å². The van der Waals surface area contributed by atoms with Gasteiger partial charge in [0.25, 0.3) is 0 Å². The number of pyridine rings is 1. The number of hydrogen-bond acceptors (Lipinski definition) is 4. The van der Waals surface area contributed by atoms with Crippen molar-refractivity contribution in [3.05, 3.63) is 18.5 Å². The van der Waals surface area contributed by atoms with Crippen LogP contribution >= 0.6 is 0 Å². The predicted octanol–water partition coefficient (Wildman–Crippen LogP) is 0.421. The number of aromatic nitrogens is 1. The molecule has 0 radical (unpaired) electrons. The van der Waals surface area contributed by atoms with Gasteiger partial charge in [-0.2, -0.15) is 0 Å². The maximum Gasteiger partial charge on any atom is 0.244 e. The summed E-state index contributed by atoms with van der Waals surface area (Å²) in [5.74, 6) is 0. The second kappa shape index (κ2) is 4.39. The topological polar surface area (TPSA) is 71.1 Å². The lowest BCUT2D eigenvalue weighted by Crippen LogP contribution is -2.24. The fourth-order valence-corrected chi connectivity index (χ4v) is 2.26. The van der Waals surface area contributed by atoms with E-state index in [4.69, 9.17) is 0 Å². The van der Waals surface area contributed by atoms with E-state index in [1.54, 1.807) is 20.0 Å². The van der Waals surface area contributed by atoms with Crippen molar-refractivity contribution in [1.82, 2.24) is 9.71 Å². The van der Waals surface area contributed by atoms with Crippen molar-refractivity contribution in [2.24, 2.45) is 0 Å². The molecule has 0 saturated carbocycles. The van der Waals surface area contributed by atoms with Crippen LogP contribution in [0.15, 0.2) is 23.4 Å². The van der Waals surface area contributed by atoms with Crippen molar-refractivity contribution in [3.8, 4) is 0 Å². The summed E-state index contributed by atoms with van der Waals surface area (Å²) in [6.45, 7) is 2.09. The Hall–Kier alpha value is -1.14. The van der Waals surface area contributed by atoms with E-state index >= 15 is 0 Å². The lowest BCUT2D eigenvalue weighted by molar-refractivity contribution is 0.584. The molecule has 0 aromatic carbocycles. The average Bonchev–Trinajstić information content (AvgIpc) is 2.18. The Balaban J connectivity index is 3.18. The SMILES string of the molecule is CCNS(=O)(=O)c1cnccc1NC. The van der Waals surface area contributed by atoms with Crippen molar-refractivity contribution in [2.75, 3.05) is 18.9 Å². The molecule has 0 fully saturated rings. The quantitative estimate of drug-likeness (QED) is 0.763. The first kappa shape index (κ1) is 10.9. The number of nitrogens with one attached hydrogen (secondary N) is 2. The fourth-order valence-electron chi connectivity index (χ4n) is 1.07. The first-order valence-corrected chi connectivity index (χ1v) is 5.71. The van der Waals surface area contributed by atoms with Crippen LogP contribution in [0.4, 0.5) is 5.69 Å². The molecule has 0 atom stereocenters. The van der Waals surface area contributed by atoms with E-state index in [-0.39, 0.29) is 4.90 Å². The molecule has 5 nitrogen and oxygen atoms in total. The van der Waals surface area contributed by atoms with Crippen LogP contribution in [0, 0.1) is 0 Å². The summed E-state index contributed by atoms with van der Waals surface area (Å²) < 4.78 is 25.6. The number of nitrogens with zero attached hydrogens (tertiary/aromatic N) is 1. The van der Waals surface area contributed by atoms with Gasteiger partial charge in [-0.15, -0.1) is 0 Å². The highest BCUT2D eigenvalue weighted by atomic mass is 32.2. The third-order valence-electron chi connectivity index (χ3n) is 1.68. The van der Waals surface area contributed by atoms with Crippen molar-refractivity contribution in [2.45, 2.75) is 11.8 Å². The van der Waals surface area contributed by atoms with Gasteiger partial charge < -0.3 is 5.32 Å². The molecule has 0 saturated heterocycles. The maximum atomic E-state index is 11.6. The standard InChI is InChI=1S/C8H13N3O2S/c1-3-11-14(12,13)8-6-10-5-4-7(8)9-2/h4-6,11H,3H2,1-2H3,(H,9,10). The lowest BCUT2D eigenvalue weighted by Gasteiger charge is -2.08. The van der Waals surface area contributed by atoms with Crippen molar-refractivity contribution >= 4 is 15.7 Å². The molecule has 0 aliphatic rings. The summed E-state index contributed by atoms with van der Waals surface area (Å²) in [5, 5.41) is 2.80. The third-order valence-corrected chi connectivity index (χ3v) is 3.25. The highest BCUT2D eigenvalue weighted by molar-refractivity contribution is 7.89. The van der Waals surface area contributed by atoms with Gasteiger partial charge >= 0.3 is 0 Å². The zero-order valence-electron chi connectivity index (χ0n) is 8.11. The molecule has 6 heteroatoms. The smallest absolute Gasteiger partial charge is 0.244 e. The van der Waals surface area contributed by atoms with Crippen LogP contribution in [0.2, 0.25) is 0 Å². The van der Waals surface area contributed by atoms with Crippen molar-refractivity contribution < 1.29 is 8.42 Å². The largest absolute Gasteiger partial charge is 0.387 e. The van der Waals surface area contributed by atoms with E-state index in [9.17, 15) is 8.42 Å². The minimum Gasteiger partial charge on any atom is -0.387 e. The first-order chi connectivity index (χ1) is 6.61. The molecular weight excluding hydrogens is 202 g/mol. The van der Waals surface area contributed by atoms with Gasteiger partial charge in [-0.3, -0.25) is 4.98 Å². The Kier molecular flexibility index (Phi) is 3.43. The second-order valence-electron chi connectivity index (χ2n) is 2.62. The summed E-state index contributed by atoms with van der Waals surface area (Å²) >= 11 is 0. The average molecular weight is 215 g/mol. The second-order valence-corrected chi connectivity index (χ2v) is 4.36. The van der Waals surface area contributed by atoms with Crippen LogP contribution in [-0.4, -0.2) is 27.0 Å². The van der Waals surface area contributed by atoms with E-state index in [1.807, 2.05) is 0 Å². The molecule has 1 aromatic rings. The van der Waals surface area contributed by atoms with Crippen LogP contribution in [-0.2, 0) is 10.0 Å². The van der Waals surface area contributed by atoms with Crippen LogP contribution < -0.4 is 10.0 Å². The first-order valence-electron chi connectivity index (χ1n) is 4.23. The highest BCUT2D eigenvalue weighted by Gasteiger charge is 2.16. The van der Waals surface area contributed by atoms with Gasteiger partial charge in [-0.05, 0) is 6.07 Å². The minimum atomic E-state index is -3.43. The number of sulfonamides is 1. The molecule has 0 unspecified atom stereocenters. The normalized spacial score (nSPS) is 11.3. The van der Waals surface area contributed by atoms with Gasteiger partial charge in [0, 0.05) is 26.0 Å². The fraction of sp³-hybridized carbons (Fsp3) is 0.375. The highest BCUT2D eigenvalue weighted by Crippen LogP contribution is 2.17. The molecule has 0 amide bonds. The zero-order chi connectivity index (χ0) is 10.6. The van der Waals surface area contributed by atoms with E-state index in [0.717, 1.165) is 0 Å². The van der Waals surface area contributed by atoms with Gasteiger partial charge in [0.2, 0.25) is 10.0 Å². The summed E-state index contributed by atoms with van der Waals surface area (Å²) in [7, 11) is -1.76. The molecule has 1 aromatic heterocycles. The summed E-state index contributed by atoms with van der Waals surface area (Å²) in [6, 6.07) is 1.62. The minimum absolute atomic E-state index is 0.171. The Morgan fingerprint density at radius 3 is 2.79 bits per heavy atom. The molecule has 0 aliphatic heterocycles. The van der Waals surface area contributed by atoms with Crippen LogP contribution in [0.25, 0.3) is 0 Å². The van der Waals surface area contributed by atoms with Gasteiger partial charge in [0.15, 0.2) is 0 Å². The third kappa shape index (κ3) is 2.21. The van der Waals surface area contributed by atoms with Gasteiger partial charge in [-0.25, -0.2) is 13.1 Å². The van der Waals surface area contributed by atoms with E-state index < -0.39 is 10.0 Å². The van der Waals surface area contributed by atoms with Crippen LogP contribution in [0.5, 0.6) is 0 Å². The molecule has 0 bridgehead atoms. The molecule has 0 aliphatic carbocycles. The van der Waals surface area contributed by atoms with Crippen LogP contribution in [0.3, 0.4) is 0 Å². The Labute approximate surface area is 83.6 Å². The molecule has 78 valence electrons. The van der Waals surface area contributed by atoms with Crippen molar-refractivity contribution in [3.63, 3.8) is 0 Å². The predicted molar refractivity (Wildman–Crippen MR) is 54.6 cm³/mol. The van der Waals surface area contributed by atoms with Gasteiger partial charge in [0.1, 0.15) is 4.90 Å². The van der Waals surface area contributed by atoms with Gasteiger partial charge in [0.05, 0.1) is 5.69 Å². The number of hydrogen-bond donors (Lipinski definition) is 2. The van der Waals surface area contributed by atoms with Gasteiger partial charge in [-0.1, -0.05) is 6.92 Å². The Morgan fingerprint density at radius 1 is 1.50 bits per heavy atom. The Morgan fingerprint density at radius 2 is 2.21 bits per heavy atom. The molecular formula is C8H13N3O2S. The zero-order valence-corrected chi connectivity index (χ0v) is 8.93. The van der Waals surface area contributed by atoms with Crippen LogP contribution in [0.1, 0.15) is 6.92 Å². The lowest BCUT2D eigenvalue weighted by atomic mass is 10.4. The summed E-state index contributed by atoms with van der Waals surface area (Å²) in [6.07, 6.45) is 2.86. The molecule has 2 N–H and O–H groups in total. The maximum absolute atomic E-state index is 11.6. The van der Waals surface area contributed by atoms with E-state index in [2.05, 4.69) is 15.0 Å². The monoisotopic (exact) mass is 215 g/mol. The van der Waals surface area contributed by atoms with E-state index in [1.165, 1.54) is 12.4 Å². The summed E-state index contributed by atoms with van der Waals surface area (Å²) in [4.78, 5) is 3.95. The Bertz CT molecular complexity index is 403. The molecule has 0 spiro atoms. The molecule has 1 heterocycles.